The Hall–Kier alpha value is -2.67. The van der Waals surface area contributed by atoms with Gasteiger partial charge in [-0.05, 0) is 35.9 Å². The van der Waals surface area contributed by atoms with Crippen molar-refractivity contribution in [2.24, 2.45) is 0 Å². The molecular formula is C18H18N4O2S. The molecule has 3 aromatic rings. The van der Waals surface area contributed by atoms with E-state index >= 15 is 0 Å². The number of carbonyl (C=O) groups excluding carboxylic acids is 1. The second kappa shape index (κ2) is 7.06. The van der Waals surface area contributed by atoms with Crippen LogP contribution in [0.2, 0.25) is 0 Å². The Morgan fingerprint density at radius 2 is 2.12 bits per heavy atom. The van der Waals surface area contributed by atoms with Crippen LogP contribution in [0.5, 0.6) is 0 Å². The number of carbonyl (C=O) groups is 1. The smallest absolute Gasteiger partial charge is 0.319 e. The monoisotopic (exact) mass is 354 g/mol. The molecule has 4 rings (SSSR count). The van der Waals surface area contributed by atoms with Crippen LogP contribution in [0, 0.1) is 0 Å². The van der Waals surface area contributed by atoms with Crippen LogP contribution >= 0.6 is 11.3 Å². The Kier molecular flexibility index (Phi) is 4.47. The fourth-order valence-corrected chi connectivity index (χ4v) is 3.20. The minimum atomic E-state index is -0.231. The number of aromatic nitrogens is 2. The van der Waals surface area contributed by atoms with E-state index < -0.39 is 0 Å². The molecule has 128 valence electrons. The third-order valence-electron chi connectivity index (χ3n) is 4.04. The molecule has 25 heavy (non-hydrogen) atoms. The van der Waals surface area contributed by atoms with Crippen molar-refractivity contribution < 1.29 is 9.32 Å². The van der Waals surface area contributed by atoms with Gasteiger partial charge in [0, 0.05) is 16.5 Å². The van der Waals surface area contributed by atoms with Crippen LogP contribution in [0.15, 0.2) is 46.3 Å². The standard InChI is InChI=1S/C18H18N4O2S/c23-18(19-11-14-5-3-9-25-14)20-15-6-2-1-4-13(15)10-16-21-17(22-24-16)12-7-8-12/h1-6,9,12H,7-8,10-11H2,(H2,19,20,23). The minimum absolute atomic E-state index is 0.231. The Morgan fingerprint density at radius 3 is 2.92 bits per heavy atom. The SMILES string of the molecule is O=C(NCc1cccs1)Nc1ccccc1Cc1nc(C2CC2)no1. The average molecular weight is 354 g/mol. The molecule has 0 atom stereocenters. The lowest BCUT2D eigenvalue weighted by molar-refractivity contribution is 0.252. The molecule has 0 unspecified atom stereocenters. The summed E-state index contributed by atoms with van der Waals surface area (Å²) in [7, 11) is 0. The van der Waals surface area contributed by atoms with E-state index in [0.29, 0.717) is 24.8 Å². The molecular weight excluding hydrogens is 336 g/mol. The van der Waals surface area contributed by atoms with Gasteiger partial charge in [0.25, 0.3) is 0 Å². The van der Waals surface area contributed by atoms with Crippen molar-refractivity contribution in [3.63, 3.8) is 0 Å². The normalized spacial score (nSPS) is 13.6. The first-order chi connectivity index (χ1) is 12.3. The Morgan fingerprint density at radius 1 is 1.24 bits per heavy atom. The number of anilines is 1. The molecule has 6 nitrogen and oxygen atoms in total. The largest absolute Gasteiger partial charge is 0.339 e. The van der Waals surface area contributed by atoms with E-state index in [1.807, 2.05) is 41.8 Å². The van der Waals surface area contributed by atoms with Crippen LogP contribution in [-0.2, 0) is 13.0 Å². The quantitative estimate of drug-likeness (QED) is 0.703. The van der Waals surface area contributed by atoms with Crippen LogP contribution < -0.4 is 10.6 Å². The van der Waals surface area contributed by atoms with Crippen molar-refractivity contribution in [2.45, 2.75) is 31.7 Å². The number of amides is 2. The molecule has 2 amide bonds. The van der Waals surface area contributed by atoms with Crippen molar-refractivity contribution in [3.05, 3.63) is 63.9 Å². The molecule has 2 N–H and O–H groups in total. The molecule has 1 aromatic carbocycles. The average Bonchev–Trinajstić information content (AvgIpc) is 3.14. The Bertz CT molecular complexity index is 856. The van der Waals surface area contributed by atoms with Crippen LogP contribution in [0.3, 0.4) is 0 Å². The van der Waals surface area contributed by atoms with Gasteiger partial charge >= 0.3 is 6.03 Å². The van der Waals surface area contributed by atoms with Gasteiger partial charge < -0.3 is 15.2 Å². The zero-order valence-corrected chi connectivity index (χ0v) is 14.4. The molecule has 1 fully saturated rings. The van der Waals surface area contributed by atoms with Crippen molar-refractivity contribution >= 4 is 23.1 Å². The van der Waals surface area contributed by atoms with Gasteiger partial charge in [-0.3, -0.25) is 0 Å². The highest BCUT2D eigenvalue weighted by atomic mass is 32.1. The minimum Gasteiger partial charge on any atom is -0.339 e. The van der Waals surface area contributed by atoms with Crippen molar-refractivity contribution in [1.82, 2.24) is 15.5 Å². The van der Waals surface area contributed by atoms with Gasteiger partial charge in [0.05, 0.1) is 13.0 Å². The maximum atomic E-state index is 12.1. The van der Waals surface area contributed by atoms with Crippen LogP contribution in [0.4, 0.5) is 10.5 Å². The molecule has 1 saturated carbocycles. The molecule has 0 aliphatic heterocycles. The maximum absolute atomic E-state index is 12.1. The zero-order chi connectivity index (χ0) is 17.1. The van der Waals surface area contributed by atoms with Gasteiger partial charge in [0.2, 0.25) is 5.89 Å². The number of benzene rings is 1. The molecule has 2 heterocycles. The van der Waals surface area contributed by atoms with Crippen molar-refractivity contribution in [2.75, 3.05) is 5.32 Å². The van der Waals surface area contributed by atoms with E-state index in [1.165, 1.54) is 0 Å². The summed E-state index contributed by atoms with van der Waals surface area (Å²) in [5.41, 5.74) is 1.69. The van der Waals surface area contributed by atoms with Crippen molar-refractivity contribution in [3.8, 4) is 0 Å². The number of hydrogen-bond donors (Lipinski definition) is 2. The molecule has 2 aromatic heterocycles. The van der Waals surface area contributed by atoms with Gasteiger partial charge in [0.15, 0.2) is 5.82 Å². The van der Waals surface area contributed by atoms with E-state index in [0.717, 1.165) is 34.8 Å². The highest BCUT2D eigenvalue weighted by Gasteiger charge is 2.28. The number of hydrogen-bond acceptors (Lipinski definition) is 5. The highest BCUT2D eigenvalue weighted by molar-refractivity contribution is 7.09. The van der Waals surface area contributed by atoms with Crippen LogP contribution in [0.25, 0.3) is 0 Å². The zero-order valence-electron chi connectivity index (χ0n) is 13.6. The molecule has 1 aliphatic carbocycles. The number of nitrogens with one attached hydrogen (secondary N) is 2. The summed E-state index contributed by atoms with van der Waals surface area (Å²) in [6.07, 6.45) is 2.78. The molecule has 0 saturated heterocycles. The van der Waals surface area contributed by atoms with Gasteiger partial charge in [-0.25, -0.2) is 4.79 Å². The molecule has 0 bridgehead atoms. The summed E-state index contributed by atoms with van der Waals surface area (Å²) >= 11 is 1.62. The van der Waals surface area contributed by atoms with Gasteiger partial charge in [-0.2, -0.15) is 4.98 Å². The maximum Gasteiger partial charge on any atom is 0.319 e. The van der Waals surface area contributed by atoms with E-state index in [9.17, 15) is 4.79 Å². The first kappa shape index (κ1) is 15.8. The van der Waals surface area contributed by atoms with E-state index in [1.54, 1.807) is 11.3 Å². The topological polar surface area (TPSA) is 80.0 Å². The molecule has 7 heteroatoms. The summed E-state index contributed by atoms with van der Waals surface area (Å²) in [5, 5.41) is 11.8. The first-order valence-corrected chi connectivity index (χ1v) is 9.13. The number of para-hydroxylation sites is 1. The second-order valence-corrected chi connectivity index (χ2v) is 7.07. The Balaban J connectivity index is 1.40. The third kappa shape index (κ3) is 4.06. The van der Waals surface area contributed by atoms with Gasteiger partial charge in [-0.15, -0.1) is 11.3 Å². The van der Waals surface area contributed by atoms with E-state index in [-0.39, 0.29) is 6.03 Å². The number of thiophene rings is 1. The summed E-state index contributed by atoms with van der Waals surface area (Å²) in [4.78, 5) is 17.7. The fourth-order valence-electron chi connectivity index (χ4n) is 2.55. The number of rotatable bonds is 6. The lowest BCUT2D eigenvalue weighted by Crippen LogP contribution is -2.28. The lowest BCUT2D eigenvalue weighted by atomic mass is 10.1. The summed E-state index contributed by atoms with van der Waals surface area (Å²) in [6.45, 7) is 0.514. The third-order valence-corrected chi connectivity index (χ3v) is 4.91. The molecule has 0 spiro atoms. The number of nitrogens with zero attached hydrogens (tertiary/aromatic N) is 2. The molecule has 0 radical (unpaired) electrons. The van der Waals surface area contributed by atoms with Crippen LogP contribution in [-0.4, -0.2) is 16.2 Å². The predicted molar refractivity (Wildman–Crippen MR) is 95.7 cm³/mol. The molecule has 1 aliphatic rings. The summed E-state index contributed by atoms with van der Waals surface area (Å²) in [5.74, 6) is 1.85. The second-order valence-electron chi connectivity index (χ2n) is 6.04. The van der Waals surface area contributed by atoms with E-state index in [2.05, 4.69) is 20.8 Å². The van der Waals surface area contributed by atoms with E-state index in [4.69, 9.17) is 4.52 Å². The van der Waals surface area contributed by atoms with Crippen LogP contribution in [0.1, 0.15) is 40.9 Å². The predicted octanol–water partition coefficient (Wildman–Crippen LogP) is 3.92. The number of urea groups is 1. The fraction of sp³-hybridized carbons (Fsp3) is 0.278. The highest BCUT2D eigenvalue weighted by Crippen LogP contribution is 2.38. The lowest BCUT2D eigenvalue weighted by Gasteiger charge is -2.10. The summed E-state index contributed by atoms with van der Waals surface area (Å²) < 4.78 is 5.34. The van der Waals surface area contributed by atoms with Crippen molar-refractivity contribution in [1.29, 1.82) is 0 Å². The summed E-state index contributed by atoms with van der Waals surface area (Å²) in [6, 6.07) is 11.4. The first-order valence-electron chi connectivity index (χ1n) is 8.25. The van der Waals surface area contributed by atoms with Gasteiger partial charge in [0.1, 0.15) is 0 Å². The van der Waals surface area contributed by atoms with Gasteiger partial charge in [-0.1, -0.05) is 29.4 Å². The Labute approximate surface area is 149 Å².